The van der Waals surface area contributed by atoms with Gasteiger partial charge in [0.2, 0.25) is 0 Å². The highest BCUT2D eigenvalue weighted by atomic mass is 16.5. The predicted octanol–water partition coefficient (Wildman–Crippen LogP) is 2.21. The van der Waals surface area contributed by atoms with Crippen molar-refractivity contribution >= 4 is 0 Å². The third kappa shape index (κ3) is 2.49. The van der Waals surface area contributed by atoms with Gasteiger partial charge in [-0.1, -0.05) is 6.07 Å². The predicted molar refractivity (Wildman–Crippen MR) is 74.1 cm³/mol. The third-order valence-corrected chi connectivity index (χ3v) is 3.70. The second-order valence-electron chi connectivity index (χ2n) is 5.01. The quantitative estimate of drug-likeness (QED) is 0.912. The van der Waals surface area contributed by atoms with Gasteiger partial charge in [-0.2, -0.15) is 5.10 Å². The zero-order chi connectivity index (χ0) is 13.2. The van der Waals surface area contributed by atoms with Gasteiger partial charge in [-0.15, -0.1) is 0 Å². The number of ether oxygens (including phenoxy) is 1. The van der Waals surface area contributed by atoms with Crippen molar-refractivity contribution in [3.63, 3.8) is 0 Å². The van der Waals surface area contributed by atoms with Crippen LogP contribution in [0.15, 0.2) is 30.5 Å². The maximum atomic E-state index is 5.80. The Morgan fingerprint density at radius 3 is 3.05 bits per heavy atom. The minimum Gasteiger partial charge on any atom is -0.487 e. The molecule has 2 aromatic rings. The van der Waals surface area contributed by atoms with Crippen LogP contribution in [0.4, 0.5) is 0 Å². The lowest BCUT2D eigenvalue weighted by Crippen LogP contribution is -2.12. The van der Waals surface area contributed by atoms with Gasteiger partial charge >= 0.3 is 0 Å². The topological polar surface area (TPSA) is 39.1 Å². The molecular formula is C15H19N3O. The maximum Gasteiger partial charge on any atom is 0.132 e. The lowest BCUT2D eigenvalue weighted by Gasteiger charge is -2.11. The molecule has 0 radical (unpaired) electrons. The van der Waals surface area contributed by atoms with E-state index in [1.54, 1.807) is 4.68 Å². The second-order valence-corrected chi connectivity index (χ2v) is 5.01. The highest BCUT2D eigenvalue weighted by Gasteiger charge is 2.21. The van der Waals surface area contributed by atoms with Crippen molar-refractivity contribution in [1.29, 1.82) is 0 Å². The Labute approximate surface area is 113 Å². The minimum atomic E-state index is 0.500. The van der Waals surface area contributed by atoms with E-state index in [2.05, 4.69) is 28.6 Å². The van der Waals surface area contributed by atoms with Gasteiger partial charge in [0.15, 0.2) is 0 Å². The Bertz CT molecular complexity index is 577. The van der Waals surface area contributed by atoms with Crippen LogP contribution in [0.3, 0.4) is 0 Å². The molecule has 0 saturated carbocycles. The summed E-state index contributed by atoms with van der Waals surface area (Å²) in [5.41, 5.74) is 3.77. The lowest BCUT2D eigenvalue weighted by atomic mass is 10.1. The van der Waals surface area contributed by atoms with Gasteiger partial charge in [0, 0.05) is 19.3 Å². The van der Waals surface area contributed by atoms with Crippen molar-refractivity contribution < 1.29 is 4.74 Å². The molecule has 1 aliphatic carbocycles. The normalized spacial score (nSPS) is 17.5. The van der Waals surface area contributed by atoms with E-state index in [1.165, 1.54) is 17.5 Å². The fourth-order valence-corrected chi connectivity index (χ4v) is 2.68. The molecule has 19 heavy (non-hydrogen) atoms. The van der Waals surface area contributed by atoms with Crippen LogP contribution in [0.1, 0.15) is 29.3 Å². The monoisotopic (exact) mass is 257 g/mol. The third-order valence-electron chi connectivity index (χ3n) is 3.70. The van der Waals surface area contributed by atoms with E-state index in [9.17, 15) is 0 Å². The van der Waals surface area contributed by atoms with E-state index in [4.69, 9.17) is 4.74 Å². The van der Waals surface area contributed by atoms with Crippen LogP contribution < -0.4 is 10.1 Å². The first-order valence-corrected chi connectivity index (χ1v) is 6.67. The van der Waals surface area contributed by atoms with Gasteiger partial charge in [-0.3, -0.25) is 4.68 Å². The molecule has 0 saturated heterocycles. The zero-order valence-electron chi connectivity index (χ0n) is 11.4. The molecule has 1 atom stereocenters. The van der Waals surface area contributed by atoms with Crippen LogP contribution in [0.25, 0.3) is 0 Å². The van der Waals surface area contributed by atoms with E-state index in [1.807, 2.05) is 26.4 Å². The molecule has 0 spiro atoms. The number of nitrogens with zero attached hydrogens (tertiary/aromatic N) is 2. The van der Waals surface area contributed by atoms with Crippen molar-refractivity contribution in [3.05, 3.63) is 47.3 Å². The minimum absolute atomic E-state index is 0.500. The standard InChI is InChI=1S/C15H19N3O/c1-16-15-6-3-11-9-13(4-5-14(11)15)19-10-12-7-8-18(2)17-12/h4-5,7-9,15-16H,3,6,10H2,1-2H3. The molecule has 0 amide bonds. The largest absolute Gasteiger partial charge is 0.487 e. The van der Waals surface area contributed by atoms with Gasteiger partial charge in [0.05, 0.1) is 5.69 Å². The number of fused-ring (bicyclic) bond motifs is 1. The van der Waals surface area contributed by atoms with Crippen molar-refractivity contribution in [1.82, 2.24) is 15.1 Å². The van der Waals surface area contributed by atoms with E-state index in [0.717, 1.165) is 17.9 Å². The summed E-state index contributed by atoms with van der Waals surface area (Å²) in [6, 6.07) is 8.87. The maximum absolute atomic E-state index is 5.80. The number of nitrogens with one attached hydrogen (secondary N) is 1. The molecule has 100 valence electrons. The summed E-state index contributed by atoms with van der Waals surface area (Å²) < 4.78 is 7.59. The van der Waals surface area contributed by atoms with Gasteiger partial charge in [0.25, 0.3) is 0 Å². The van der Waals surface area contributed by atoms with Crippen LogP contribution in [0, 0.1) is 0 Å². The molecule has 1 aliphatic rings. The van der Waals surface area contributed by atoms with E-state index < -0.39 is 0 Å². The van der Waals surface area contributed by atoms with Crippen LogP contribution in [-0.4, -0.2) is 16.8 Å². The van der Waals surface area contributed by atoms with Crippen LogP contribution >= 0.6 is 0 Å². The van der Waals surface area contributed by atoms with Crippen LogP contribution in [0.5, 0.6) is 5.75 Å². The Hall–Kier alpha value is -1.81. The first-order chi connectivity index (χ1) is 9.26. The van der Waals surface area contributed by atoms with Gasteiger partial charge in [0.1, 0.15) is 12.4 Å². The van der Waals surface area contributed by atoms with Crippen molar-refractivity contribution in [2.24, 2.45) is 7.05 Å². The van der Waals surface area contributed by atoms with Crippen molar-refractivity contribution in [3.8, 4) is 5.75 Å². The first-order valence-electron chi connectivity index (χ1n) is 6.67. The molecule has 1 unspecified atom stereocenters. The summed E-state index contributed by atoms with van der Waals surface area (Å²) in [4.78, 5) is 0. The van der Waals surface area contributed by atoms with Crippen LogP contribution in [-0.2, 0) is 20.1 Å². The molecule has 4 nitrogen and oxygen atoms in total. The molecule has 1 aromatic heterocycles. The number of benzene rings is 1. The Morgan fingerprint density at radius 1 is 1.42 bits per heavy atom. The SMILES string of the molecule is CNC1CCc2cc(OCc3ccn(C)n3)ccc21. The average molecular weight is 257 g/mol. The number of hydrogen-bond donors (Lipinski definition) is 1. The van der Waals surface area contributed by atoms with Crippen molar-refractivity contribution in [2.45, 2.75) is 25.5 Å². The average Bonchev–Trinajstić information content (AvgIpc) is 3.01. The fourth-order valence-electron chi connectivity index (χ4n) is 2.68. The summed E-state index contributed by atoms with van der Waals surface area (Å²) in [6.45, 7) is 0.523. The fraction of sp³-hybridized carbons (Fsp3) is 0.400. The second kappa shape index (κ2) is 5.05. The van der Waals surface area contributed by atoms with Crippen LogP contribution in [0.2, 0.25) is 0 Å². The van der Waals surface area contributed by atoms with Gasteiger partial charge in [-0.25, -0.2) is 0 Å². The Balaban J connectivity index is 1.69. The van der Waals surface area contributed by atoms with E-state index in [-0.39, 0.29) is 0 Å². The number of hydrogen-bond acceptors (Lipinski definition) is 3. The summed E-state index contributed by atoms with van der Waals surface area (Å²) in [6.07, 6.45) is 4.23. The van der Waals surface area contributed by atoms with Crippen molar-refractivity contribution in [2.75, 3.05) is 7.05 Å². The number of rotatable bonds is 4. The molecule has 0 fully saturated rings. The van der Waals surface area contributed by atoms with Gasteiger partial charge < -0.3 is 10.1 Å². The molecule has 0 bridgehead atoms. The molecule has 3 rings (SSSR count). The summed E-state index contributed by atoms with van der Waals surface area (Å²) >= 11 is 0. The van der Waals surface area contributed by atoms with Gasteiger partial charge in [-0.05, 0) is 49.2 Å². The molecule has 1 aromatic carbocycles. The number of aryl methyl sites for hydroxylation is 2. The molecule has 0 aliphatic heterocycles. The zero-order valence-corrected chi connectivity index (χ0v) is 11.4. The molecule has 1 heterocycles. The smallest absolute Gasteiger partial charge is 0.132 e. The first kappa shape index (κ1) is 12.2. The van der Waals surface area contributed by atoms with E-state index >= 15 is 0 Å². The summed E-state index contributed by atoms with van der Waals surface area (Å²) in [7, 11) is 3.93. The highest BCUT2D eigenvalue weighted by Crippen LogP contribution is 2.33. The lowest BCUT2D eigenvalue weighted by molar-refractivity contribution is 0.299. The molecule has 1 N–H and O–H groups in total. The molecule has 4 heteroatoms. The number of aromatic nitrogens is 2. The Kier molecular flexibility index (Phi) is 3.25. The van der Waals surface area contributed by atoms with E-state index in [0.29, 0.717) is 12.6 Å². The summed E-state index contributed by atoms with van der Waals surface area (Å²) in [5.74, 6) is 0.932. The highest BCUT2D eigenvalue weighted by molar-refractivity contribution is 5.40. The summed E-state index contributed by atoms with van der Waals surface area (Å²) in [5, 5.41) is 7.65. The Morgan fingerprint density at radius 2 is 2.32 bits per heavy atom. The molecular weight excluding hydrogens is 238 g/mol.